The lowest BCUT2D eigenvalue weighted by molar-refractivity contribution is 0.893. The van der Waals surface area contributed by atoms with E-state index in [1.807, 2.05) is 0 Å². The average molecular weight is 792 g/mol. The van der Waals surface area contributed by atoms with Crippen molar-refractivity contribution in [2.75, 3.05) is 0 Å². The van der Waals surface area contributed by atoms with E-state index in [4.69, 9.17) is 15.0 Å². The molecule has 0 radical (unpaired) electrons. The Kier molecular flexibility index (Phi) is 8.42. The number of aromatic nitrogens is 5. The third-order valence-electron chi connectivity index (χ3n) is 12.0. The lowest BCUT2D eigenvalue weighted by Crippen LogP contribution is -2.10. The summed E-state index contributed by atoms with van der Waals surface area (Å²) in [6, 6.07) is 79.4. The van der Waals surface area contributed by atoms with Crippen molar-refractivity contribution in [3.05, 3.63) is 224 Å². The van der Waals surface area contributed by atoms with Crippen molar-refractivity contribution in [3.63, 3.8) is 0 Å². The highest BCUT2D eigenvalue weighted by atomic mass is 15.3. The Hall–Kier alpha value is -8.41. The number of hydrogen-bond acceptors (Lipinski definition) is 3. The van der Waals surface area contributed by atoms with Gasteiger partial charge < -0.3 is 0 Å². The first-order valence-corrected chi connectivity index (χ1v) is 20.9. The molecule has 0 atom stereocenters. The third-order valence-corrected chi connectivity index (χ3v) is 12.0. The smallest absolute Gasteiger partial charge is 0.240 e. The zero-order valence-corrected chi connectivity index (χ0v) is 33.6. The van der Waals surface area contributed by atoms with E-state index in [0.717, 1.165) is 82.6 Å². The molecule has 290 valence electrons. The van der Waals surface area contributed by atoms with E-state index >= 15 is 0 Å². The molecule has 0 bridgehead atoms. The van der Waals surface area contributed by atoms with Gasteiger partial charge in [-0.1, -0.05) is 170 Å². The highest BCUT2D eigenvalue weighted by molar-refractivity contribution is 6.10. The van der Waals surface area contributed by atoms with E-state index in [1.165, 1.54) is 11.1 Å². The highest BCUT2D eigenvalue weighted by Gasteiger charge is 2.21. The summed E-state index contributed by atoms with van der Waals surface area (Å²) in [5, 5.41) is 4.58. The fraction of sp³-hybridized carbons (Fsp3) is 0. The Morgan fingerprint density at radius 3 is 0.952 bits per heavy atom. The maximum atomic E-state index is 5.42. The normalized spacial score (nSPS) is 11.5. The van der Waals surface area contributed by atoms with Crippen molar-refractivity contribution in [1.29, 1.82) is 0 Å². The van der Waals surface area contributed by atoms with Gasteiger partial charge in [-0.25, -0.2) is 0 Å². The van der Waals surface area contributed by atoms with Crippen LogP contribution in [0.1, 0.15) is 0 Å². The predicted molar refractivity (Wildman–Crippen MR) is 256 cm³/mol. The van der Waals surface area contributed by atoms with Gasteiger partial charge in [-0.3, -0.25) is 9.13 Å². The number of benzene rings is 9. The van der Waals surface area contributed by atoms with E-state index in [0.29, 0.717) is 17.7 Å². The Bertz CT molecular complexity index is 3400. The molecule has 3 aromatic heterocycles. The average Bonchev–Trinajstić information content (AvgIpc) is 3.88. The quantitative estimate of drug-likeness (QED) is 0.162. The molecule has 0 aliphatic rings. The number of hydrogen-bond donors (Lipinski definition) is 0. The molecule has 5 heteroatoms. The van der Waals surface area contributed by atoms with E-state index in [2.05, 4.69) is 234 Å². The molecule has 0 aliphatic carbocycles. The highest BCUT2D eigenvalue weighted by Crippen LogP contribution is 2.38. The van der Waals surface area contributed by atoms with Gasteiger partial charge in [-0.2, -0.15) is 15.0 Å². The minimum Gasteiger partial charge on any atom is -0.278 e. The van der Waals surface area contributed by atoms with Crippen molar-refractivity contribution >= 4 is 43.6 Å². The van der Waals surface area contributed by atoms with E-state index in [-0.39, 0.29) is 0 Å². The van der Waals surface area contributed by atoms with Gasteiger partial charge >= 0.3 is 0 Å². The molecule has 0 fully saturated rings. The van der Waals surface area contributed by atoms with Crippen LogP contribution in [-0.4, -0.2) is 24.1 Å². The first kappa shape index (κ1) is 35.5. The fourth-order valence-corrected chi connectivity index (χ4v) is 9.07. The molecule has 5 nitrogen and oxygen atoms in total. The SMILES string of the molecule is c1ccc(-c2cccc(-c3cccc(-c4cc(-c5ccccc5)cc(-c5nc(-n6c7ccccc7c7ccccc76)nc(-n6c7ccccc7c7ccccc76)n5)c4)c3)c2)cc1. The molecule has 12 aromatic rings. The topological polar surface area (TPSA) is 48.5 Å². The van der Waals surface area contributed by atoms with Crippen LogP contribution in [0.25, 0.3) is 111 Å². The molecule has 12 rings (SSSR count). The van der Waals surface area contributed by atoms with Crippen molar-refractivity contribution in [3.8, 4) is 67.8 Å². The lowest BCUT2D eigenvalue weighted by atomic mass is 9.93. The summed E-state index contributed by atoms with van der Waals surface area (Å²) in [7, 11) is 0. The molecule has 0 amide bonds. The number of rotatable bonds is 7. The molecule has 0 aliphatic heterocycles. The summed E-state index contributed by atoms with van der Waals surface area (Å²) in [5.74, 6) is 1.69. The van der Waals surface area contributed by atoms with Crippen molar-refractivity contribution in [2.45, 2.75) is 0 Å². The van der Waals surface area contributed by atoms with E-state index in [1.54, 1.807) is 0 Å². The van der Waals surface area contributed by atoms with Crippen LogP contribution in [0.2, 0.25) is 0 Å². The van der Waals surface area contributed by atoms with Gasteiger partial charge in [0.05, 0.1) is 22.1 Å². The maximum absolute atomic E-state index is 5.42. The monoisotopic (exact) mass is 791 g/mol. The number of nitrogens with zero attached hydrogens (tertiary/aromatic N) is 5. The predicted octanol–water partition coefficient (Wildman–Crippen LogP) is 14.4. The summed E-state index contributed by atoms with van der Waals surface area (Å²) >= 11 is 0. The largest absolute Gasteiger partial charge is 0.278 e. The van der Waals surface area contributed by atoms with Crippen LogP contribution in [0.4, 0.5) is 0 Å². The molecule has 3 heterocycles. The van der Waals surface area contributed by atoms with Crippen LogP contribution < -0.4 is 0 Å². The summed E-state index contributed by atoms with van der Waals surface area (Å²) in [6.45, 7) is 0. The van der Waals surface area contributed by atoms with Gasteiger partial charge in [0.2, 0.25) is 11.9 Å². The van der Waals surface area contributed by atoms with Gasteiger partial charge in [-0.05, 0) is 99.1 Å². The van der Waals surface area contributed by atoms with Gasteiger partial charge in [0, 0.05) is 27.1 Å². The van der Waals surface area contributed by atoms with Crippen LogP contribution in [-0.2, 0) is 0 Å². The van der Waals surface area contributed by atoms with Crippen LogP contribution in [0.5, 0.6) is 0 Å². The first-order valence-electron chi connectivity index (χ1n) is 20.9. The second-order valence-corrected chi connectivity index (χ2v) is 15.7. The molecule has 0 spiro atoms. The summed E-state index contributed by atoms with van der Waals surface area (Å²) in [5.41, 5.74) is 14.1. The standard InChI is InChI=1S/C57H37N5/c1-3-17-38(18-4-1)40-21-15-22-41(33-40)42-23-16-24-43(34-42)45-35-44(39-19-5-2-6-20-39)36-46(37-45)55-58-56(61-51-29-11-7-25-47(51)48-26-8-12-30-52(48)61)60-57(59-55)62-53-31-13-9-27-49(53)50-28-10-14-32-54(50)62/h1-37H. The van der Waals surface area contributed by atoms with Gasteiger partial charge in [0.15, 0.2) is 5.82 Å². The fourth-order valence-electron chi connectivity index (χ4n) is 9.07. The Labute approximate surface area is 358 Å². The van der Waals surface area contributed by atoms with Crippen molar-refractivity contribution in [2.24, 2.45) is 0 Å². The minimum absolute atomic E-state index is 0.552. The second-order valence-electron chi connectivity index (χ2n) is 15.7. The molecule has 0 N–H and O–H groups in total. The lowest BCUT2D eigenvalue weighted by Gasteiger charge is -2.15. The zero-order chi connectivity index (χ0) is 41.0. The summed E-state index contributed by atoms with van der Waals surface area (Å²) in [6.07, 6.45) is 0. The molecule has 0 saturated carbocycles. The van der Waals surface area contributed by atoms with Crippen molar-refractivity contribution < 1.29 is 0 Å². The van der Waals surface area contributed by atoms with Gasteiger partial charge in [0.1, 0.15) is 0 Å². The molecule has 62 heavy (non-hydrogen) atoms. The third kappa shape index (κ3) is 6.06. The van der Waals surface area contributed by atoms with E-state index < -0.39 is 0 Å². The molecular weight excluding hydrogens is 755 g/mol. The first-order chi connectivity index (χ1) is 30.7. The van der Waals surface area contributed by atoms with Gasteiger partial charge in [-0.15, -0.1) is 0 Å². The van der Waals surface area contributed by atoms with Crippen LogP contribution in [0, 0.1) is 0 Å². The van der Waals surface area contributed by atoms with E-state index in [9.17, 15) is 0 Å². The number of fused-ring (bicyclic) bond motifs is 6. The van der Waals surface area contributed by atoms with Crippen molar-refractivity contribution in [1.82, 2.24) is 24.1 Å². The Balaban J connectivity index is 1.10. The zero-order valence-electron chi connectivity index (χ0n) is 33.6. The van der Waals surface area contributed by atoms with Gasteiger partial charge in [0.25, 0.3) is 0 Å². The minimum atomic E-state index is 0.552. The van der Waals surface area contributed by atoms with Crippen LogP contribution >= 0.6 is 0 Å². The summed E-state index contributed by atoms with van der Waals surface area (Å²) in [4.78, 5) is 16.2. The van der Waals surface area contributed by atoms with Crippen LogP contribution in [0.3, 0.4) is 0 Å². The van der Waals surface area contributed by atoms with Crippen LogP contribution in [0.15, 0.2) is 224 Å². The molecule has 0 unspecified atom stereocenters. The summed E-state index contributed by atoms with van der Waals surface area (Å²) < 4.78 is 4.37. The Morgan fingerprint density at radius 2 is 0.516 bits per heavy atom. The molecule has 0 saturated heterocycles. The molecular formula is C57H37N5. The maximum Gasteiger partial charge on any atom is 0.240 e. The molecule has 9 aromatic carbocycles. The number of para-hydroxylation sites is 4. The second kappa shape index (κ2) is 14.7. The Morgan fingerprint density at radius 1 is 0.226 bits per heavy atom.